The van der Waals surface area contributed by atoms with E-state index in [-0.39, 0.29) is 17.1 Å². The number of benzene rings is 3. The Bertz CT molecular complexity index is 1080. The zero-order chi connectivity index (χ0) is 22.2. The van der Waals surface area contributed by atoms with Crippen molar-refractivity contribution >= 4 is 17.8 Å². The largest absolute Gasteiger partial charge is 0.496 e. The Morgan fingerprint density at radius 1 is 0.710 bits per heavy atom. The molecule has 3 rings (SSSR count). The van der Waals surface area contributed by atoms with Crippen LogP contribution in [-0.2, 0) is 0 Å². The van der Waals surface area contributed by atoms with E-state index in [0.29, 0.717) is 22.8 Å². The molecular formula is C25H22O6. The molecule has 31 heavy (non-hydrogen) atoms. The average Bonchev–Trinajstić information content (AvgIpc) is 2.82. The molecule has 3 aromatic rings. The minimum atomic E-state index is -0.643. The van der Waals surface area contributed by atoms with E-state index < -0.39 is 5.97 Å². The van der Waals surface area contributed by atoms with Crippen molar-refractivity contribution < 1.29 is 28.5 Å². The Kier molecular flexibility index (Phi) is 7.06. The highest BCUT2D eigenvalue weighted by Crippen LogP contribution is 2.33. The molecule has 0 saturated carbocycles. The molecule has 6 heteroatoms. The zero-order valence-corrected chi connectivity index (χ0v) is 17.5. The van der Waals surface area contributed by atoms with Gasteiger partial charge in [-0.25, -0.2) is 4.79 Å². The van der Waals surface area contributed by atoms with E-state index in [2.05, 4.69) is 0 Å². The molecule has 158 valence electrons. The van der Waals surface area contributed by atoms with Crippen LogP contribution >= 0.6 is 0 Å². The van der Waals surface area contributed by atoms with Crippen LogP contribution < -0.4 is 18.9 Å². The van der Waals surface area contributed by atoms with Crippen LogP contribution in [0.25, 0.3) is 6.08 Å². The fraction of sp³-hybridized carbons (Fsp3) is 0.120. The van der Waals surface area contributed by atoms with Gasteiger partial charge >= 0.3 is 5.97 Å². The van der Waals surface area contributed by atoms with Crippen LogP contribution in [0.2, 0.25) is 0 Å². The summed E-state index contributed by atoms with van der Waals surface area (Å²) >= 11 is 0. The molecule has 0 heterocycles. The summed E-state index contributed by atoms with van der Waals surface area (Å²) in [6.07, 6.45) is 3.15. The molecule has 3 aromatic carbocycles. The number of carbonyl (C=O) groups is 2. The van der Waals surface area contributed by atoms with E-state index in [9.17, 15) is 9.59 Å². The van der Waals surface area contributed by atoms with E-state index in [1.165, 1.54) is 27.4 Å². The van der Waals surface area contributed by atoms with Crippen molar-refractivity contribution in [3.8, 4) is 23.0 Å². The summed E-state index contributed by atoms with van der Waals surface area (Å²) in [4.78, 5) is 25.1. The minimum Gasteiger partial charge on any atom is -0.496 e. The van der Waals surface area contributed by atoms with Gasteiger partial charge in [0.05, 0.1) is 21.3 Å². The highest BCUT2D eigenvalue weighted by Gasteiger charge is 2.21. The number of allylic oxidation sites excluding steroid dienone is 1. The summed E-state index contributed by atoms with van der Waals surface area (Å²) in [7, 11) is 4.40. The quantitative estimate of drug-likeness (QED) is 0.226. The molecule has 0 N–H and O–H groups in total. The molecule has 0 spiro atoms. The van der Waals surface area contributed by atoms with E-state index in [1.807, 2.05) is 18.2 Å². The molecule has 0 fully saturated rings. The molecule has 6 nitrogen and oxygen atoms in total. The van der Waals surface area contributed by atoms with Gasteiger partial charge in [0.1, 0.15) is 17.1 Å². The van der Waals surface area contributed by atoms with Crippen molar-refractivity contribution in [3.05, 3.63) is 89.5 Å². The van der Waals surface area contributed by atoms with Gasteiger partial charge < -0.3 is 18.9 Å². The first kappa shape index (κ1) is 21.6. The van der Waals surface area contributed by atoms with Crippen molar-refractivity contribution in [1.29, 1.82) is 0 Å². The summed E-state index contributed by atoms with van der Waals surface area (Å²) in [6, 6.07) is 19.0. The van der Waals surface area contributed by atoms with Gasteiger partial charge in [-0.15, -0.1) is 0 Å². The van der Waals surface area contributed by atoms with Gasteiger partial charge in [-0.1, -0.05) is 48.5 Å². The fourth-order valence-corrected chi connectivity index (χ4v) is 2.95. The lowest BCUT2D eigenvalue weighted by molar-refractivity contribution is 0.0722. The number of hydrogen-bond acceptors (Lipinski definition) is 6. The Morgan fingerprint density at radius 3 is 1.97 bits per heavy atom. The van der Waals surface area contributed by atoms with Crippen LogP contribution in [-0.4, -0.2) is 33.1 Å². The van der Waals surface area contributed by atoms with Crippen LogP contribution in [0.1, 0.15) is 26.3 Å². The Labute approximate surface area is 180 Å². The van der Waals surface area contributed by atoms with Crippen LogP contribution in [0, 0.1) is 0 Å². The smallest absolute Gasteiger partial charge is 0.351 e. The first-order valence-electron chi connectivity index (χ1n) is 9.46. The predicted molar refractivity (Wildman–Crippen MR) is 117 cm³/mol. The van der Waals surface area contributed by atoms with Gasteiger partial charge in [0.15, 0.2) is 17.3 Å². The van der Waals surface area contributed by atoms with Gasteiger partial charge in [-0.05, 0) is 35.9 Å². The monoisotopic (exact) mass is 418 g/mol. The maximum Gasteiger partial charge on any atom is 0.351 e. The van der Waals surface area contributed by atoms with E-state index in [0.717, 1.165) is 5.56 Å². The van der Waals surface area contributed by atoms with Crippen LogP contribution in [0.3, 0.4) is 0 Å². The van der Waals surface area contributed by atoms with E-state index in [4.69, 9.17) is 18.9 Å². The molecule has 0 atom stereocenters. The number of ketones is 1. The Balaban J connectivity index is 1.82. The lowest BCUT2D eigenvalue weighted by Gasteiger charge is -2.14. The first-order valence-corrected chi connectivity index (χ1v) is 9.46. The van der Waals surface area contributed by atoms with Crippen LogP contribution in [0.5, 0.6) is 23.0 Å². The lowest BCUT2D eigenvalue weighted by Crippen LogP contribution is -2.12. The Hall–Kier alpha value is -4.06. The van der Waals surface area contributed by atoms with Gasteiger partial charge in [-0.2, -0.15) is 0 Å². The van der Waals surface area contributed by atoms with Crippen molar-refractivity contribution in [2.75, 3.05) is 21.3 Å². The standard InChI is InChI=1S/C25H22O6/c1-28-21-10-7-11-22(29-2)24(21)25(27)31-20-15-13-17(16-23(20)30-3)12-14-19(26)18-8-5-4-6-9-18/h4-16H,1-3H3/b14-12+. The first-order chi connectivity index (χ1) is 15.1. The molecule has 0 aliphatic carbocycles. The molecule has 0 aliphatic heterocycles. The molecule has 0 amide bonds. The fourth-order valence-electron chi connectivity index (χ4n) is 2.95. The maximum absolute atomic E-state index is 12.8. The molecule has 0 bridgehead atoms. The average molecular weight is 418 g/mol. The molecule has 0 aliphatic rings. The number of hydrogen-bond donors (Lipinski definition) is 0. The number of rotatable bonds is 8. The van der Waals surface area contributed by atoms with Crippen molar-refractivity contribution in [2.24, 2.45) is 0 Å². The summed E-state index contributed by atoms with van der Waals surface area (Å²) < 4.78 is 21.4. The SMILES string of the molecule is COc1cc(/C=C/C(=O)c2ccccc2)ccc1OC(=O)c1c(OC)cccc1OC. The third-order valence-corrected chi connectivity index (χ3v) is 4.51. The number of ether oxygens (including phenoxy) is 4. The van der Waals surface area contributed by atoms with Gasteiger partial charge in [0, 0.05) is 5.56 Å². The predicted octanol–water partition coefficient (Wildman–Crippen LogP) is 4.83. The second-order valence-corrected chi connectivity index (χ2v) is 6.40. The number of esters is 1. The second kappa shape index (κ2) is 10.1. The number of methoxy groups -OCH3 is 3. The molecular weight excluding hydrogens is 396 g/mol. The highest BCUT2D eigenvalue weighted by atomic mass is 16.6. The summed E-state index contributed by atoms with van der Waals surface area (Å²) in [6.45, 7) is 0. The molecule has 0 unspecified atom stereocenters. The third-order valence-electron chi connectivity index (χ3n) is 4.51. The molecule has 0 saturated heterocycles. The summed E-state index contributed by atoms with van der Waals surface area (Å²) in [5, 5.41) is 0. The van der Waals surface area contributed by atoms with Crippen molar-refractivity contribution in [3.63, 3.8) is 0 Å². The van der Waals surface area contributed by atoms with Crippen molar-refractivity contribution in [1.82, 2.24) is 0 Å². The van der Waals surface area contributed by atoms with E-state index in [1.54, 1.807) is 54.6 Å². The summed E-state index contributed by atoms with van der Waals surface area (Å²) in [5.41, 5.74) is 1.49. The Morgan fingerprint density at radius 2 is 1.35 bits per heavy atom. The van der Waals surface area contributed by atoms with E-state index >= 15 is 0 Å². The lowest BCUT2D eigenvalue weighted by atomic mass is 10.1. The number of carbonyl (C=O) groups excluding carboxylic acids is 2. The maximum atomic E-state index is 12.8. The van der Waals surface area contributed by atoms with Crippen LogP contribution in [0.4, 0.5) is 0 Å². The van der Waals surface area contributed by atoms with Crippen LogP contribution in [0.15, 0.2) is 72.8 Å². The normalized spacial score (nSPS) is 10.5. The minimum absolute atomic E-state index is 0.113. The molecule has 0 aromatic heterocycles. The third kappa shape index (κ3) is 5.11. The highest BCUT2D eigenvalue weighted by molar-refractivity contribution is 6.06. The second-order valence-electron chi connectivity index (χ2n) is 6.40. The zero-order valence-electron chi connectivity index (χ0n) is 17.5. The summed E-state index contributed by atoms with van der Waals surface area (Å²) in [5.74, 6) is 0.488. The van der Waals surface area contributed by atoms with Gasteiger partial charge in [0.25, 0.3) is 0 Å². The van der Waals surface area contributed by atoms with Gasteiger partial charge in [0.2, 0.25) is 0 Å². The molecule has 0 radical (unpaired) electrons. The topological polar surface area (TPSA) is 71.1 Å². The van der Waals surface area contributed by atoms with Gasteiger partial charge in [-0.3, -0.25) is 4.79 Å². The van der Waals surface area contributed by atoms with Crippen molar-refractivity contribution in [2.45, 2.75) is 0 Å².